The summed E-state index contributed by atoms with van der Waals surface area (Å²) in [4.78, 5) is 4.62. The third kappa shape index (κ3) is 5.36. The second-order valence-electron chi connectivity index (χ2n) is 8.11. The predicted molar refractivity (Wildman–Crippen MR) is 120 cm³/mol. The van der Waals surface area contributed by atoms with Gasteiger partial charge >= 0.3 is 0 Å². The van der Waals surface area contributed by atoms with Crippen LogP contribution in [0.3, 0.4) is 0 Å². The van der Waals surface area contributed by atoms with E-state index in [4.69, 9.17) is 20.8 Å². The lowest BCUT2D eigenvalue weighted by atomic mass is 9.74. The molecule has 0 amide bonds. The standard InChI is InChI=1S/C23H32ClN3O3/c1-4-25-21(26-15-22(3,28)20-10-9-17(2)30-20)27-16-23(11-13-29-14-12-23)18-7-5-6-8-19(18)24/h5-10,28H,4,11-16H2,1-3H3,(H2,25,26,27). The number of hydrogen-bond acceptors (Lipinski definition) is 4. The number of halogens is 1. The van der Waals surface area contributed by atoms with Crippen LogP contribution in [0, 0.1) is 6.92 Å². The van der Waals surface area contributed by atoms with Crippen LogP contribution in [0.15, 0.2) is 45.8 Å². The zero-order valence-corrected chi connectivity index (χ0v) is 18.8. The topological polar surface area (TPSA) is 79.0 Å². The summed E-state index contributed by atoms with van der Waals surface area (Å²) in [5.41, 5.74) is -0.181. The summed E-state index contributed by atoms with van der Waals surface area (Å²) in [5, 5.41) is 18.3. The zero-order chi connectivity index (χ0) is 21.6. The van der Waals surface area contributed by atoms with E-state index in [-0.39, 0.29) is 12.0 Å². The Kier molecular flexibility index (Phi) is 7.45. The van der Waals surface area contributed by atoms with Gasteiger partial charge in [-0.15, -0.1) is 0 Å². The van der Waals surface area contributed by atoms with Crippen LogP contribution in [0.1, 0.15) is 43.8 Å². The maximum Gasteiger partial charge on any atom is 0.191 e. The van der Waals surface area contributed by atoms with Gasteiger partial charge in [-0.25, -0.2) is 4.99 Å². The molecule has 0 bridgehead atoms. The molecule has 1 aliphatic heterocycles. The molecular weight excluding hydrogens is 402 g/mol. The highest BCUT2D eigenvalue weighted by Gasteiger charge is 2.36. The molecule has 164 valence electrons. The van der Waals surface area contributed by atoms with E-state index in [1.165, 1.54) is 0 Å². The van der Waals surface area contributed by atoms with Crippen molar-refractivity contribution in [1.82, 2.24) is 10.6 Å². The summed E-state index contributed by atoms with van der Waals surface area (Å²) in [6.07, 6.45) is 1.76. The third-order valence-electron chi connectivity index (χ3n) is 5.65. The number of guanidine groups is 1. The Morgan fingerprint density at radius 1 is 1.20 bits per heavy atom. The average Bonchev–Trinajstić information content (AvgIpc) is 3.18. The fourth-order valence-corrected chi connectivity index (χ4v) is 4.16. The fraction of sp³-hybridized carbons (Fsp3) is 0.522. The maximum atomic E-state index is 10.8. The first-order chi connectivity index (χ1) is 14.4. The molecule has 0 aliphatic carbocycles. The summed E-state index contributed by atoms with van der Waals surface area (Å²) in [6, 6.07) is 11.7. The Morgan fingerprint density at radius 2 is 1.93 bits per heavy atom. The van der Waals surface area contributed by atoms with Crippen molar-refractivity contribution >= 4 is 17.6 Å². The molecule has 1 unspecified atom stereocenters. The summed E-state index contributed by atoms with van der Waals surface area (Å²) in [6.45, 7) is 8.56. The molecule has 1 saturated heterocycles. The highest BCUT2D eigenvalue weighted by molar-refractivity contribution is 6.31. The molecule has 1 aromatic carbocycles. The van der Waals surface area contributed by atoms with Crippen LogP contribution in [0.5, 0.6) is 0 Å². The molecule has 3 rings (SSSR count). The van der Waals surface area contributed by atoms with Crippen molar-refractivity contribution in [2.75, 3.05) is 32.8 Å². The third-order valence-corrected chi connectivity index (χ3v) is 5.98. The van der Waals surface area contributed by atoms with Crippen LogP contribution in [-0.4, -0.2) is 43.9 Å². The largest absolute Gasteiger partial charge is 0.463 e. The normalized spacial score (nSPS) is 18.6. The molecule has 2 heterocycles. The van der Waals surface area contributed by atoms with E-state index >= 15 is 0 Å². The molecule has 1 fully saturated rings. The van der Waals surface area contributed by atoms with Gasteiger partial charge in [0.25, 0.3) is 0 Å². The van der Waals surface area contributed by atoms with E-state index in [2.05, 4.69) is 21.7 Å². The summed E-state index contributed by atoms with van der Waals surface area (Å²) in [7, 11) is 0. The molecule has 6 nitrogen and oxygen atoms in total. The van der Waals surface area contributed by atoms with E-state index in [1.807, 2.05) is 38.1 Å². The fourth-order valence-electron chi connectivity index (χ4n) is 3.82. The number of benzene rings is 1. The Morgan fingerprint density at radius 3 is 2.57 bits per heavy atom. The first kappa shape index (κ1) is 22.7. The highest BCUT2D eigenvalue weighted by Crippen LogP contribution is 2.38. The van der Waals surface area contributed by atoms with Gasteiger partial charge in [0.05, 0.1) is 6.54 Å². The van der Waals surface area contributed by atoms with Crippen LogP contribution in [-0.2, 0) is 15.8 Å². The first-order valence-electron chi connectivity index (χ1n) is 10.5. The van der Waals surface area contributed by atoms with E-state index in [9.17, 15) is 5.11 Å². The molecule has 0 saturated carbocycles. The average molecular weight is 434 g/mol. The zero-order valence-electron chi connectivity index (χ0n) is 18.0. The van der Waals surface area contributed by atoms with Crippen molar-refractivity contribution in [3.8, 4) is 0 Å². The molecule has 0 spiro atoms. The molecule has 0 radical (unpaired) electrons. The lowest BCUT2D eigenvalue weighted by Crippen LogP contribution is -2.48. The second-order valence-corrected chi connectivity index (χ2v) is 8.51. The van der Waals surface area contributed by atoms with Gasteiger partial charge < -0.3 is 24.9 Å². The number of furan rings is 1. The Balaban J connectivity index is 1.76. The molecule has 1 aliphatic rings. The van der Waals surface area contributed by atoms with Crippen molar-refractivity contribution in [3.05, 3.63) is 58.5 Å². The molecule has 2 aromatic rings. The van der Waals surface area contributed by atoms with Crippen LogP contribution >= 0.6 is 11.6 Å². The quantitative estimate of drug-likeness (QED) is 0.457. The van der Waals surface area contributed by atoms with E-state index in [0.29, 0.717) is 31.5 Å². The van der Waals surface area contributed by atoms with Gasteiger partial charge in [0.15, 0.2) is 5.96 Å². The second kappa shape index (κ2) is 9.86. The lowest BCUT2D eigenvalue weighted by Gasteiger charge is -2.38. The summed E-state index contributed by atoms with van der Waals surface area (Å²) < 4.78 is 11.2. The predicted octanol–water partition coefficient (Wildman–Crippen LogP) is 3.75. The molecule has 1 atom stereocenters. The summed E-state index contributed by atoms with van der Waals surface area (Å²) >= 11 is 6.56. The van der Waals surface area contributed by atoms with Crippen molar-refractivity contribution in [2.24, 2.45) is 4.99 Å². The van der Waals surface area contributed by atoms with Crippen molar-refractivity contribution in [3.63, 3.8) is 0 Å². The van der Waals surface area contributed by atoms with Gasteiger partial charge in [-0.05, 0) is 57.4 Å². The number of ether oxygens (including phenoxy) is 1. The SMILES string of the molecule is CCNC(=NCC(C)(O)c1ccc(C)o1)NCC1(c2ccccc2Cl)CCOCC1. The molecule has 3 N–H and O–H groups in total. The monoisotopic (exact) mass is 433 g/mol. The van der Waals surface area contributed by atoms with Gasteiger partial charge in [0.2, 0.25) is 0 Å². The van der Waals surface area contributed by atoms with Crippen molar-refractivity contribution in [2.45, 2.75) is 44.6 Å². The van der Waals surface area contributed by atoms with E-state index < -0.39 is 5.60 Å². The van der Waals surface area contributed by atoms with Crippen LogP contribution in [0.2, 0.25) is 5.02 Å². The van der Waals surface area contributed by atoms with Gasteiger partial charge in [-0.3, -0.25) is 0 Å². The number of hydrogen-bond donors (Lipinski definition) is 3. The minimum atomic E-state index is -1.18. The van der Waals surface area contributed by atoms with Crippen molar-refractivity contribution in [1.29, 1.82) is 0 Å². The van der Waals surface area contributed by atoms with Crippen LogP contribution in [0.4, 0.5) is 0 Å². The van der Waals surface area contributed by atoms with E-state index in [1.54, 1.807) is 13.0 Å². The molecule has 30 heavy (non-hydrogen) atoms. The number of nitrogens with zero attached hydrogens (tertiary/aromatic N) is 1. The molecular formula is C23H32ClN3O3. The Labute approximate surface area is 183 Å². The first-order valence-corrected chi connectivity index (χ1v) is 10.9. The van der Waals surface area contributed by atoms with Gasteiger partial charge in [-0.1, -0.05) is 29.8 Å². The van der Waals surface area contributed by atoms with Crippen LogP contribution in [0.25, 0.3) is 0 Å². The van der Waals surface area contributed by atoms with Crippen molar-refractivity contribution < 1.29 is 14.3 Å². The molecule has 1 aromatic heterocycles. The molecule has 7 heteroatoms. The smallest absolute Gasteiger partial charge is 0.191 e. The highest BCUT2D eigenvalue weighted by atomic mass is 35.5. The van der Waals surface area contributed by atoms with Gasteiger partial charge in [-0.2, -0.15) is 0 Å². The Hall–Kier alpha value is -2.02. The maximum absolute atomic E-state index is 10.8. The van der Waals surface area contributed by atoms with Gasteiger partial charge in [0, 0.05) is 36.7 Å². The number of aliphatic hydroxyl groups is 1. The lowest BCUT2D eigenvalue weighted by molar-refractivity contribution is 0.0427. The minimum Gasteiger partial charge on any atom is -0.463 e. The Bertz CT molecular complexity index is 857. The number of aliphatic imine (C=N–C) groups is 1. The minimum absolute atomic E-state index is 0.132. The number of aryl methyl sites for hydroxylation is 1. The number of nitrogens with one attached hydrogen (secondary N) is 2. The summed E-state index contributed by atoms with van der Waals surface area (Å²) in [5.74, 6) is 1.93. The van der Waals surface area contributed by atoms with E-state index in [0.717, 1.165) is 35.7 Å². The van der Waals surface area contributed by atoms with Crippen LogP contribution < -0.4 is 10.6 Å². The van der Waals surface area contributed by atoms with Gasteiger partial charge in [0.1, 0.15) is 17.1 Å². The number of rotatable bonds is 7.